The zero-order valence-electron chi connectivity index (χ0n) is 23.9. The molecule has 1 aliphatic carbocycles. The summed E-state index contributed by atoms with van der Waals surface area (Å²) in [6.07, 6.45) is 6.84. The highest BCUT2D eigenvalue weighted by atomic mass is 16.5. The van der Waals surface area contributed by atoms with E-state index in [1.807, 2.05) is 24.3 Å². The number of ether oxygens (including phenoxy) is 3. The Labute approximate surface area is 233 Å². The topological polar surface area (TPSA) is 71.5 Å². The Hall–Kier alpha value is -2.93. The van der Waals surface area contributed by atoms with Crippen LogP contribution in [0.5, 0.6) is 11.5 Å². The first-order chi connectivity index (χ1) is 18.8. The van der Waals surface area contributed by atoms with Crippen LogP contribution in [0.15, 0.2) is 42.5 Å². The van der Waals surface area contributed by atoms with E-state index >= 15 is 0 Å². The smallest absolute Gasteiger partial charge is 0.305 e. The van der Waals surface area contributed by atoms with Crippen LogP contribution in [0.25, 0.3) is 0 Å². The van der Waals surface area contributed by atoms with Crippen molar-refractivity contribution in [1.82, 2.24) is 0 Å². The number of anilines is 2. The molecule has 1 unspecified atom stereocenters. The molecule has 39 heavy (non-hydrogen) atoms. The van der Waals surface area contributed by atoms with E-state index in [0.29, 0.717) is 17.9 Å². The van der Waals surface area contributed by atoms with Gasteiger partial charge in [0.2, 0.25) is 0 Å². The van der Waals surface area contributed by atoms with Gasteiger partial charge in [-0.15, -0.1) is 0 Å². The highest BCUT2D eigenvalue weighted by molar-refractivity contribution is 5.69. The lowest BCUT2D eigenvalue weighted by atomic mass is 9.77. The lowest BCUT2D eigenvalue weighted by Gasteiger charge is -2.37. The van der Waals surface area contributed by atoms with Gasteiger partial charge in [-0.05, 0) is 66.5 Å². The van der Waals surface area contributed by atoms with Crippen molar-refractivity contribution in [3.8, 4) is 11.5 Å². The quantitative estimate of drug-likeness (QED) is 0.415. The monoisotopic (exact) mass is 536 g/mol. The summed E-state index contributed by atoms with van der Waals surface area (Å²) >= 11 is 0. The summed E-state index contributed by atoms with van der Waals surface area (Å²) < 4.78 is 17.5. The molecule has 3 atom stereocenters. The van der Waals surface area contributed by atoms with Crippen LogP contribution in [0.2, 0.25) is 0 Å². The Balaban J connectivity index is 1.22. The van der Waals surface area contributed by atoms with E-state index in [1.54, 1.807) is 14.2 Å². The summed E-state index contributed by atoms with van der Waals surface area (Å²) in [5.41, 5.74) is 4.13. The van der Waals surface area contributed by atoms with Crippen LogP contribution >= 0.6 is 0 Å². The first kappa shape index (κ1) is 27.6. The second-order valence-electron chi connectivity index (χ2n) is 12.2. The van der Waals surface area contributed by atoms with E-state index in [2.05, 4.69) is 41.8 Å². The molecule has 0 radical (unpaired) electrons. The largest absolute Gasteiger partial charge is 0.497 e. The van der Waals surface area contributed by atoms with Crippen LogP contribution in [0, 0.1) is 5.41 Å². The van der Waals surface area contributed by atoms with E-state index < -0.39 is 5.97 Å². The fourth-order valence-electron chi connectivity index (χ4n) is 7.00. The SMILES string of the molecule is COc1ccc(C2CCCC2(C)C)c(N2CCC(Oc3ccc(N4C[C@H](OC)C[C@@H]4CC(=O)O)cc3)CC2)c1. The molecular formula is C32H44N2O5. The maximum Gasteiger partial charge on any atom is 0.305 e. The second-order valence-corrected chi connectivity index (χ2v) is 12.2. The molecule has 5 rings (SSSR count). The lowest BCUT2D eigenvalue weighted by molar-refractivity contribution is -0.137. The van der Waals surface area contributed by atoms with Crippen LogP contribution in [0.4, 0.5) is 11.4 Å². The van der Waals surface area contributed by atoms with Gasteiger partial charge < -0.3 is 29.1 Å². The van der Waals surface area contributed by atoms with Crippen LogP contribution in [0.1, 0.15) is 70.3 Å². The standard InChI is InChI=1S/C32H44N2O5/c1-32(2)15-5-6-29(32)28-12-11-26(37-3)20-30(28)33-16-13-25(14-17-33)39-24-9-7-22(8-10-24)34-21-27(38-4)18-23(34)19-31(35)36/h7-12,20,23,25,27,29H,5-6,13-19,21H2,1-4H3,(H,35,36)/t23-,27-,29?/m1/s1. The molecule has 2 aromatic rings. The molecule has 1 N–H and O–H groups in total. The molecule has 2 saturated heterocycles. The Morgan fingerprint density at radius 2 is 1.72 bits per heavy atom. The van der Waals surface area contributed by atoms with Gasteiger partial charge in [0.15, 0.2) is 0 Å². The van der Waals surface area contributed by atoms with E-state index in [4.69, 9.17) is 14.2 Å². The zero-order valence-corrected chi connectivity index (χ0v) is 23.9. The average Bonchev–Trinajstić information content (AvgIpc) is 3.50. The minimum absolute atomic E-state index is 0.0557. The normalized spacial score (nSPS) is 25.2. The minimum Gasteiger partial charge on any atom is -0.497 e. The van der Waals surface area contributed by atoms with Gasteiger partial charge in [0.1, 0.15) is 17.6 Å². The molecule has 3 aliphatic rings. The van der Waals surface area contributed by atoms with Crippen molar-refractivity contribution in [3.63, 3.8) is 0 Å². The fraction of sp³-hybridized carbons (Fsp3) is 0.594. The first-order valence-corrected chi connectivity index (χ1v) is 14.5. The van der Waals surface area contributed by atoms with Crippen LogP contribution < -0.4 is 19.3 Å². The van der Waals surface area contributed by atoms with Crippen molar-refractivity contribution in [1.29, 1.82) is 0 Å². The molecule has 0 bridgehead atoms. The van der Waals surface area contributed by atoms with E-state index in [9.17, 15) is 9.90 Å². The van der Waals surface area contributed by atoms with E-state index in [-0.39, 0.29) is 24.7 Å². The molecule has 0 amide bonds. The highest BCUT2D eigenvalue weighted by Crippen LogP contribution is 2.51. The average molecular weight is 537 g/mol. The van der Waals surface area contributed by atoms with Crippen LogP contribution in [-0.4, -0.2) is 63.2 Å². The fourth-order valence-corrected chi connectivity index (χ4v) is 7.00. The van der Waals surface area contributed by atoms with Gasteiger partial charge in [-0.1, -0.05) is 26.3 Å². The number of carbonyl (C=O) groups is 1. The molecule has 2 aromatic carbocycles. The summed E-state index contributed by atoms with van der Waals surface area (Å²) in [6.45, 7) is 7.45. The van der Waals surface area contributed by atoms with Crippen molar-refractivity contribution in [2.45, 2.75) is 83.0 Å². The number of piperidine rings is 1. The molecule has 0 aromatic heterocycles. The van der Waals surface area contributed by atoms with Crippen molar-refractivity contribution < 1.29 is 24.1 Å². The summed E-state index contributed by atoms with van der Waals surface area (Å²) in [5, 5.41) is 9.34. The maximum atomic E-state index is 11.4. The van der Waals surface area contributed by atoms with Crippen molar-refractivity contribution in [2.24, 2.45) is 5.41 Å². The lowest BCUT2D eigenvalue weighted by Crippen LogP contribution is -2.39. The summed E-state index contributed by atoms with van der Waals surface area (Å²) in [4.78, 5) is 16.0. The Kier molecular flexibility index (Phi) is 8.27. The molecule has 3 fully saturated rings. The first-order valence-electron chi connectivity index (χ1n) is 14.5. The van der Waals surface area contributed by atoms with Crippen molar-refractivity contribution >= 4 is 17.3 Å². The van der Waals surface area contributed by atoms with Crippen molar-refractivity contribution in [3.05, 3.63) is 48.0 Å². The summed E-state index contributed by atoms with van der Waals surface area (Å²) in [5.74, 6) is 1.59. The Morgan fingerprint density at radius 1 is 1.00 bits per heavy atom. The Bertz CT molecular complexity index is 1130. The highest BCUT2D eigenvalue weighted by Gasteiger charge is 2.38. The van der Waals surface area contributed by atoms with Gasteiger partial charge >= 0.3 is 5.97 Å². The van der Waals surface area contributed by atoms with Crippen LogP contribution in [-0.2, 0) is 9.53 Å². The van der Waals surface area contributed by atoms with Crippen molar-refractivity contribution in [2.75, 3.05) is 43.7 Å². The molecule has 2 heterocycles. The third-order valence-electron chi connectivity index (χ3n) is 9.24. The van der Waals surface area contributed by atoms with Gasteiger partial charge in [-0.2, -0.15) is 0 Å². The van der Waals surface area contributed by atoms with E-state index in [0.717, 1.165) is 49.5 Å². The van der Waals surface area contributed by atoms with E-state index in [1.165, 1.54) is 30.5 Å². The number of hydrogen-bond acceptors (Lipinski definition) is 6. The van der Waals surface area contributed by atoms with Gasteiger partial charge in [0, 0.05) is 63.1 Å². The van der Waals surface area contributed by atoms with Gasteiger partial charge in [0.05, 0.1) is 19.6 Å². The predicted molar refractivity (Wildman–Crippen MR) is 154 cm³/mol. The number of carboxylic acid groups (broad SMARTS) is 1. The molecule has 7 nitrogen and oxygen atoms in total. The van der Waals surface area contributed by atoms with Gasteiger partial charge in [-0.3, -0.25) is 4.79 Å². The number of methoxy groups -OCH3 is 2. The summed E-state index contributed by atoms with van der Waals surface area (Å²) in [7, 11) is 3.44. The third-order valence-corrected chi connectivity index (χ3v) is 9.24. The number of hydrogen-bond donors (Lipinski definition) is 1. The molecule has 0 spiro atoms. The van der Waals surface area contributed by atoms with Crippen LogP contribution in [0.3, 0.4) is 0 Å². The third kappa shape index (κ3) is 6.13. The molecule has 1 saturated carbocycles. The number of nitrogens with zero attached hydrogens (tertiary/aromatic N) is 2. The molecule has 212 valence electrons. The molecule has 2 aliphatic heterocycles. The maximum absolute atomic E-state index is 11.4. The van der Waals surface area contributed by atoms with Gasteiger partial charge in [-0.25, -0.2) is 0 Å². The molecular weight excluding hydrogens is 492 g/mol. The Morgan fingerprint density at radius 3 is 2.33 bits per heavy atom. The zero-order chi connectivity index (χ0) is 27.6. The van der Waals surface area contributed by atoms with Gasteiger partial charge in [0.25, 0.3) is 0 Å². The number of benzene rings is 2. The second kappa shape index (κ2) is 11.7. The molecule has 7 heteroatoms. The predicted octanol–water partition coefficient (Wildman–Crippen LogP) is 6.11. The number of carboxylic acids is 1. The minimum atomic E-state index is -0.777. The number of aliphatic carboxylic acids is 1. The number of rotatable bonds is 9. The summed E-state index contributed by atoms with van der Waals surface area (Å²) in [6, 6.07) is 14.7.